The molecular weight excluding hydrogens is 444 g/mol. The van der Waals surface area contributed by atoms with Crippen molar-refractivity contribution in [2.75, 3.05) is 12.4 Å². The van der Waals surface area contributed by atoms with E-state index in [1.165, 1.54) is 0 Å². The van der Waals surface area contributed by atoms with E-state index < -0.39 is 53.3 Å². The van der Waals surface area contributed by atoms with Gasteiger partial charge in [-0.2, -0.15) is 52.7 Å². The van der Waals surface area contributed by atoms with Crippen molar-refractivity contribution in [2.24, 2.45) is 0 Å². The lowest BCUT2D eigenvalue weighted by Crippen LogP contribution is -2.75. The Morgan fingerprint density at radius 1 is 0.828 bits per heavy atom. The van der Waals surface area contributed by atoms with Gasteiger partial charge in [0.1, 0.15) is 5.75 Å². The molecule has 2 amide bonds. The third kappa shape index (κ3) is 4.72. The Morgan fingerprint density at radius 2 is 1.28 bits per heavy atom. The summed E-state index contributed by atoms with van der Waals surface area (Å²) >= 11 is 0. The molecular formula is C13H8F12N2O2. The number of amides is 2. The molecule has 2 N–H and O–H groups in total. The second-order valence-electron chi connectivity index (χ2n) is 5.24. The molecule has 29 heavy (non-hydrogen) atoms. The molecule has 1 rings (SSSR count). The minimum absolute atomic E-state index is 0.0366. The smallest absolute Gasteiger partial charge is 0.429 e. The molecule has 0 bridgehead atoms. The van der Waals surface area contributed by atoms with E-state index in [9.17, 15) is 57.5 Å². The van der Waals surface area contributed by atoms with Crippen molar-refractivity contribution in [3.8, 4) is 5.75 Å². The van der Waals surface area contributed by atoms with Gasteiger partial charge in [0, 0.05) is 0 Å². The van der Waals surface area contributed by atoms with Gasteiger partial charge < -0.3 is 15.4 Å². The van der Waals surface area contributed by atoms with Crippen LogP contribution in [0.5, 0.6) is 5.75 Å². The van der Waals surface area contributed by atoms with Crippen molar-refractivity contribution in [1.82, 2.24) is 5.32 Å². The Morgan fingerprint density at radius 3 is 1.62 bits per heavy atom. The van der Waals surface area contributed by atoms with Crippen molar-refractivity contribution in [3.63, 3.8) is 0 Å². The molecule has 0 fully saturated rings. The largest absolute Gasteiger partial charge is 0.495 e. The SMILES string of the molecule is COc1ccc(C(F)(F)F)cc1NC(=O)NC(C(F)(F)F)(C(F)(F)F)C(F)(F)F. The van der Waals surface area contributed by atoms with Gasteiger partial charge in [0.25, 0.3) is 0 Å². The summed E-state index contributed by atoms with van der Waals surface area (Å²) in [5.41, 5.74) is -9.35. The molecule has 166 valence electrons. The molecule has 0 unspecified atom stereocenters. The van der Waals surface area contributed by atoms with Crippen LogP contribution in [0.2, 0.25) is 0 Å². The van der Waals surface area contributed by atoms with Gasteiger partial charge in [0.05, 0.1) is 18.4 Å². The lowest BCUT2D eigenvalue weighted by atomic mass is 9.97. The van der Waals surface area contributed by atoms with E-state index in [1.807, 2.05) is 0 Å². The first-order valence-corrected chi connectivity index (χ1v) is 6.82. The van der Waals surface area contributed by atoms with Gasteiger partial charge in [-0.3, -0.25) is 0 Å². The Hall–Kier alpha value is -2.55. The van der Waals surface area contributed by atoms with E-state index in [1.54, 1.807) is 0 Å². The predicted molar refractivity (Wildman–Crippen MR) is 71.0 cm³/mol. The average Bonchev–Trinajstić information content (AvgIpc) is 2.47. The highest BCUT2D eigenvalue weighted by Gasteiger charge is 2.84. The molecule has 4 nitrogen and oxygen atoms in total. The Labute approximate surface area is 152 Å². The first-order valence-electron chi connectivity index (χ1n) is 6.82. The molecule has 0 heterocycles. The number of nitrogens with one attached hydrogen (secondary N) is 2. The molecule has 0 atom stereocenters. The molecule has 1 aromatic carbocycles. The number of rotatable bonds is 3. The van der Waals surface area contributed by atoms with Gasteiger partial charge in [0.2, 0.25) is 0 Å². The fraction of sp³-hybridized carbons (Fsp3) is 0.462. The molecule has 0 spiro atoms. The minimum atomic E-state index is -7.10. The summed E-state index contributed by atoms with van der Waals surface area (Å²) in [6, 6.07) is -1.79. The summed E-state index contributed by atoms with van der Waals surface area (Å²) in [5.74, 6) is -0.690. The van der Waals surface area contributed by atoms with E-state index >= 15 is 0 Å². The number of ether oxygens (including phenoxy) is 1. The molecule has 1 aromatic rings. The Bertz CT molecular complexity index is 712. The number of urea groups is 1. The van der Waals surface area contributed by atoms with E-state index in [4.69, 9.17) is 0 Å². The van der Waals surface area contributed by atoms with Crippen LogP contribution in [0.1, 0.15) is 5.56 Å². The predicted octanol–water partition coefficient (Wildman–Crippen LogP) is 5.26. The molecule has 16 heteroatoms. The monoisotopic (exact) mass is 452 g/mol. The van der Waals surface area contributed by atoms with Crippen molar-refractivity contribution >= 4 is 11.7 Å². The first-order chi connectivity index (χ1) is 12.8. The Kier molecular flexibility index (Phi) is 6.22. The lowest BCUT2D eigenvalue weighted by Gasteiger charge is -2.38. The second-order valence-corrected chi connectivity index (χ2v) is 5.24. The van der Waals surface area contributed by atoms with Crippen molar-refractivity contribution in [3.05, 3.63) is 23.8 Å². The highest BCUT2D eigenvalue weighted by molar-refractivity contribution is 5.91. The van der Waals surface area contributed by atoms with Crippen LogP contribution in [0, 0.1) is 0 Å². The highest BCUT2D eigenvalue weighted by atomic mass is 19.4. The van der Waals surface area contributed by atoms with Crippen LogP contribution in [0.4, 0.5) is 63.2 Å². The number of hydrogen-bond acceptors (Lipinski definition) is 2. The number of carbonyl (C=O) groups is 1. The van der Waals surface area contributed by atoms with Crippen LogP contribution in [0.3, 0.4) is 0 Å². The summed E-state index contributed by atoms with van der Waals surface area (Å²) in [7, 11) is 0.803. The molecule has 0 radical (unpaired) electrons. The van der Waals surface area contributed by atoms with Crippen LogP contribution in [0.25, 0.3) is 0 Å². The molecule has 0 saturated heterocycles. The Balaban J connectivity index is 3.41. The first kappa shape index (κ1) is 24.5. The fourth-order valence-corrected chi connectivity index (χ4v) is 2.00. The van der Waals surface area contributed by atoms with Crippen LogP contribution < -0.4 is 15.4 Å². The van der Waals surface area contributed by atoms with Gasteiger partial charge in [-0.25, -0.2) is 4.79 Å². The standard InChI is InChI=1S/C13H8F12N2O2/c1-29-7-3-2-5(9(14,15)16)4-6(7)26-8(28)27-10(11(17,18)19,12(20,21)22)13(23,24)25/h2-4H,1H3,(H2,26,27,28). The summed E-state index contributed by atoms with van der Waals surface area (Å²) in [6.07, 6.45) is -26.4. The van der Waals surface area contributed by atoms with Gasteiger partial charge in [0.15, 0.2) is 0 Å². The molecule has 0 aliphatic carbocycles. The topological polar surface area (TPSA) is 50.4 Å². The molecule has 0 aliphatic heterocycles. The van der Waals surface area contributed by atoms with Gasteiger partial charge in [-0.1, -0.05) is 0 Å². The molecule has 0 saturated carbocycles. The fourth-order valence-electron chi connectivity index (χ4n) is 2.00. The summed E-state index contributed by atoms with van der Waals surface area (Å²) in [5, 5.41) is 0.817. The van der Waals surface area contributed by atoms with Gasteiger partial charge >= 0.3 is 36.3 Å². The summed E-state index contributed by atoms with van der Waals surface area (Å²) in [4.78, 5) is 11.5. The maximum absolute atomic E-state index is 12.8. The maximum atomic E-state index is 12.8. The van der Waals surface area contributed by atoms with E-state index in [2.05, 4.69) is 4.74 Å². The average molecular weight is 452 g/mol. The molecule has 0 aliphatic rings. The molecule has 0 aromatic heterocycles. The maximum Gasteiger partial charge on any atom is 0.429 e. The third-order valence-corrected chi connectivity index (χ3v) is 3.35. The number of hydrogen-bond donors (Lipinski definition) is 2. The third-order valence-electron chi connectivity index (χ3n) is 3.35. The number of methoxy groups -OCH3 is 1. The number of halogens is 12. The highest BCUT2D eigenvalue weighted by Crippen LogP contribution is 2.52. The number of carbonyl (C=O) groups excluding carboxylic acids is 1. The lowest BCUT2D eigenvalue weighted by molar-refractivity contribution is -0.386. The normalized spacial score (nSPS) is 13.8. The van der Waals surface area contributed by atoms with Crippen LogP contribution in [0.15, 0.2) is 18.2 Å². The zero-order chi connectivity index (χ0) is 23.1. The van der Waals surface area contributed by atoms with E-state index in [0.717, 1.165) is 12.4 Å². The van der Waals surface area contributed by atoms with Crippen molar-refractivity contribution < 1.29 is 62.2 Å². The van der Waals surface area contributed by atoms with Gasteiger partial charge in [-0.15, -0.1) is 0 Å². The van der Waals surface area contributed by atoms with Crippen molar-refractivity contribution in [2.45, 2.75) is 30.2 Å². The number of benzene rings is 1. The van der Waals surface area contributed by atoms with Crippen LogP contribution in [-0.4, -0.2) is 37.2 Å². The zero-order valence-electron chi connectivity index (χ0n) is 13.6. The second kappa shape index (κ2) is 7.37. The van der Waals surface area contributed by atoms with Crippen molar-refractivity contribution in [1.29, 1.82) is 0 Å². The number of anilines is 1. The number of alkyl halides is 12. The van der Waals surface area contributed by atoms with Crippen LogP contribution >= 0.6 is 0 Å². The summed E-state index contributed by atoms with van der Waals surface area (Å²) in [6.45, 7) is 0. The summed E-state index contributed by atoms with van der Waals surface area (Å²) < 4.78 is 157. The van der Waals surface area contributed by atoms with Gasteiger partial charge in [-0.05, 0) is 18.2 Å². The van der Waals surface area contributed by atoms with E-state index in [-0.39, 0.29) is 11.4 Å². The van der Waals surface area contributed by atoms with Crippen LogP contribution in [-0.2, 0) is 6.18 Å². The minimum Gasteiger partial charge on any atom is -0.495 e. The van der Waals surface area contributed by atoms with E-state index in [0.29, 0.717) is 12.1 Å². The quantitative estimate of drug-likeness (QED) is 0.615. The zero-order valence-corrected chi connectivity index (χ0v) is 13.6.